The van der Waals surface area contributed by atoms with Crippen LogP contribution in [0.3, 0.4) is 0 Å². The van der Waals surface area contributed by atoms with Gasteiger partial charge in [0.15, 0.2) is 6.04 Å². The molecule has 0 aliphatic rings. The van der Waals surface area contributed by atoms with E-state index in [2.05, 4.69) is 4.74 Å². The number of amides is 1. The van der Waals surface area contributed by atoms with Crippen molar-refractivity contribution in [3.05, 3.63) is 0 Å². The first-order chi connectivity index (χ1) is 5.93. The molecule has 2 N–H and O–H groups in total. The van der Waals surface area contributed by atoms with E-state index in [1.807, 2.05) is 5.32 Å². The Morgan fingerprint density at radius 2 is 2.08 bits per heavy atom. The number of nitrogens with one attached hydrogen (secondary N) is 1. The molecule has 1 atom stereocenters. The molecule has 6 nitrogen and oxygen atoms in total. The van der Waals surface area contributed by atoms with Crippen molar-refractivity contribution < 1.29 is 24.2 Å². The summed E-state index contributed by atoms with van der Waals surface area (Å²) in [6.45, 7) is 0.685. The number of aliphatic carboxylic acids is 1. The molecule has 0 aromatic heterocycles. The normalized spacial score (nSPS) is 11.5. The van der Waals surface area contributed by atoms with E-state index in [-0.39, 0.29) is 0 Å². The van der Waals surface area contributed by atoms with Crippen LogP contribution < -0.4 is 5.32 Å². The number of hydrogen-bond acceptors (Lipinski definition) is 4. The van der Waals surface area contributed by atoms with Crippen molar-refractivity contribution in [3.8, 4) is 0 Å². The van der Waals surface area contributed by atoms with Crippen molar-refractivity contribution in [2.75, 3.05) is 6.61 Å². The van der Waals surface area contributed by atoms with Gasteiger partial charge in [0, 0.05) is 6.92 Å². The first-order valence-electron chi connectivity index (χ1n) is 3.25. The Labute approximate surface area is 78.8 Å². The van der Waals surface area contributed by atoms with E-state index in [4.69, 9.17) is 16.7 Å². The van der Waals surface area contributed by atoms with E-state index < -0.39 is 30.0 Å². The summed E-state index contributed by atoms with van der Waals surface area (Å²) in [5, 5.41) is 9.34. The molecule has 7 heteroatoms. The molecule has 0 radical (unpaired) electrons. The summed E-state index contributed by atoms with van der Waals surface area (Å²) >= 11 is 4.88. The van der Waals surface area contributed by atoms with Crippen LogP contribution in [0.2, 0.25) is 0 Å². The number of halogens is 1. The Hall–Kier alpha value is -1.30. The van der Waals surface area contributed by atoms with E-state index in [1.54, 1.807) is 0 Å². The van der Waals surface area contributed by atoms with Crippen LogP contribution in [0.4, 0.5) is 4.79 Å². The molecule has 0 spiro atoms. The second-order valence-corrected chi connectivity index (χ2v) is 2.45. The van der Waals surface area contributed by atoms with Gasteiger partial charge >= 0.3 is 17.3 Å². The van der Waals surface area contributed by atoms with E-state index in [0.717, 1.165) is 6.92 Å². The Balaban J connectivity index is 4.02. The Bertz CT molecular complexity index is 229. The first-order valence-corrected chi connectivity index (χ1v) is 3.63. The van der Waals surface area contributed by atoms with E-state index in [0.29, 0.717) is 0 Å². The number of carbonyl (C=O) groups is 3. The zero-order valence-electron chi connectivity index (χ0n) is 6.74. The fourth-order valence-corrected chi connectivity index (χ4v) is 0.644. The highest BCUT2D eigenvalue weighted by molar-refractivity contribution is 6.63. The molecular formula is C6H8ClNO5. The predicted molar refractivity (Wildman–Crippen MR) is 42.4 cm³/mol. The molecule has 0 fully saturated rings. The summed E-state index contributed by atoms with van der Waals surface area (Å²) in [6.07, 6.45) is 0. The summed E-state index contributed by atoms with van der Waals surface area (Å²) in [6, 6.07) is -1.31. The molecule has 0 aromatic rings. The number of rotatable bonds is 4. The molecular weight excluding hydrogens is 202 g/mol. The van der Waals surface area contributed by atoms with Crippen molar-refractivity contribution in [1.82, 2.24) is 5.32 Å². The lowest BCUT2D eigenvalue weighted by molar-refractivity contribution is -0.146. The highest BCUT2D eigenvalue weighted by Gasteiger charge is 2.20. The molecule has 0 aromatic carbocycles. The number of esters is 1. The van der Waals surface area contributed by atoms with Gasteiger partial charge in [0.05, 0.1) is 0 Å². The maximum atomic E-state index is 10.4. The zero-order valence-corrected chi connectivity index (χ0v) is 7.50. The molecule has 0 bridgehead atoms. The molecule has 0 rings (SSSR count). The molecule has 0 aliphatic heterocycles. The SMILES string of the molecule is CC(=O)OC[C@H](NC(=O)Cl)C(=O)O. The second kappa shape index (κ2) is 5.36. The summed E-state index contributed by atoms with van der Waals surface area (Å²) < 4.78 is 4.37. The van der Waals surface area contributed by atoms with Gasteiger partial charge in [-0.25, -0.2) is 4.79 Å². The number of hydrogen-bond donors (Lipinski definition) is 2. The van der Waals surface area contributed by atoms with Gasteiger partial charge in [0.1, 0.15) is 6.61 Å². The number of carbonyl (C=O) groups excluding carboxylic acids is 2. The fourth-order valence-electron chi connectivity index (χ4n) is 0.512. The van der Waals surface area contributed by atoms with Crippen molar-refractivity contribution in [3.63, 3.8) is 0 Å². The van der Waals surface area contributed by atoms with Gasteiger partial charge in [0.25, 0.3) is 0 Å². The average Bonchev–Trinajstić information content (AvgIpc) is 1.96. The third-order valence-corrected chi connectivity index (χ3v) is 1.15. The van der Waals surface area contributed by atoms with Crippen LogP contribution in [-0.4, -0.2) is 35.1 Å². The Kier molecular flexibility index (Phi) is 4.83. The van der Waals surface area contributed by atoms with Gasteiger partial charge in [-0.1, -0.05) is 0 Å². The number of carboxylic acid groups (broad SMARTS) is 1. The van der Waals surface area contributed by atoms with Crippen LogP contribution in [0.5, 0.6) is 0 Å². The molecule has 13 heavy (non-hydrogen) atoms. The lowest BCUT2D eigenvalue weighted by Crippen LogP contribution is -2.42. The minimum Gasteiger partial charge on any atom is -0.480 e. The predicted octanol–water partition coefficient (Wildman–Crippen LogP) is -0.0489. The van der Waals surface area contributed by atoms with Crippen LogP contribution in [0, 0.1) is 0 Å². The van der Waals surface area contributed by atoms with E-state index in [9.17, 15) is 14.4 Å². The molecule has 0 saturated heterocycles. The highest BCUT2D eigenvalue weighted by Crippen LogP contribution is 1.90. The van der Waals surface area contributed by atoms with Crippen molar-refractivity contribution in [1.29, 1.82) is 0 Å². The minimum atomic E-state index is -1.32. The Morgan fingerprint density at radius 1 is 1.54 bits per heavy atom. The molecule has 0 saturated carbocycles. The monoisotopic (exact) mass is 209 g/mol. The molecule has 74 valence electrons. The maximum Gasteiger partial charge on any atom is 0.329 e. The zero-order chi connectivity index (χ0) is 10.4. The lowest BCUT2D eigenvalue weighted by atomic mass is 10.3. The van der Waals surface area contributed by atoms with Gasteiger partial charge < -0.3 is 15.2 Å². The maximum absolute atomic E-state index is 10.4. The summed E-state index contributed by atoms with van der Waals surface area (Å²) in [5.74, 6) is -1.95. The summed E-state index contributed by atoms with van der Waals surface area (Å²) in [4.78, 5) is 30.9. The first kappa shape index (κ1) is 11.7. The van der Waals surface area contributed by atoms with Crippen molar-refractivity contribution >= 4 is 28.9 Å². The summed E-state index contributed by atoms with van der Waals surface area (Å²) in [7, 11) is 0. The topological polar surface area (TPSA) is 92.7 Å². The van der Waals surface area contributed by atoms with Crippen molar-refractivity contribution in [2.45, 2.75) is 13.0 Å². The Morgan fingerprint density at radius 3 is 2.38 bits per heavy atom. The van der Waals surface area contributed by atoms with Crippen LogP contribution in [-0.2, 0) is 14.3 Å². The van der Waals surface area contributed by atoms with Gasteiger partial charge in [-0.2, -0.15) is 0 Å². The van der Waals surface area contributed by atoms with Crippen molar-refractivity contribution in [2.24, 2.45) is 0 Å². The molecule has 0 heterocycles. The fraction of sp³-hybridized carbons (Fsp3) is 0.500. The average molecular weight is 210 g/mol. The quantitative estimate of drug-likeness (QED) is 0.385. The largest absolute Gasteiger partial charge is 0.480 e. The third-order valence-electron chi connectivity index (χ3n) is 1.04. The second-order valence-electron chi connectivity index (χ2n) is 2.11. The van der Waals surface area contributed by atoms with Gasteiger partial charge in [-0.3, -0.25) is 9.59 Å². The van der Waals surface area contributed by atoms with E-state index in [1.165, 1.54) is 0 Å². The van der Waals surface area contributed by atoms with Gasteiger partial charge in [-0.15, -0.1) is 0 Å². The standard InChI is InChI=1S/C6H8ClNO5/c1-3(9)13-2-4(5(10)11)8-6(7)12/h4H,2H2,1H3,(H,8,12)(H,10,11)/t4-/m0/s1. The third kappa shape index (κ3) is 5.92. The molecule has 0 aliphatic carbocycles. The smallest absolute Gasteiger partial charge is 0.329 e. The molecule has 1 amide bonds. The molecule has 0 unspecified atom stereocenters. The summed E-state index contributed by atoms with van der Waals surface area (Å²) in [5.41, 5.74) is 0. The van der Waals surface area contributed by atoms with Crippen LogP contribution in [0.1, 0.15) is 6.92 Å². The van der Waals surface area contributed by atoms with Gasteiger partial charge in [-0.05, 0) is 11.6 Å². The van der Waals surface area contributed by atoms with E-state index >= 15 is 0 Å². The number of ether oxygens (including phenoxy) is 1. The van der Waals surface area contributed by atoms with Gasteiger partial charge in [0.2, 0.25) is 0 Å². The highest BCUT2D eigenvalue weighted by atomic mass is 35.5. The van der Waals surface area contributed by atoms with Crippen LogP contribution >= 0.6 is 11.6 Å². The minimum absolute atomic E-state index is 0.441. The van der Waals surface area contributed by atoms with Crippen LogP contribution in [0.25, 0.3) is 0 Å². The number of carboxylic acids is 1. The van der Waals surface area contributed by atoms with Crippen LogP contribution in [0.15, 0.2) is 0 Å². The lowest BCUT2D eigenvalue weighted by Gasteiger charge is -2.11.